The van der Waals surface area contributed by atoms with Crippen LogP contribution in [0.3, 0.4) is 0 Å². The number of carbonyl (C=O) groups excluding carboxylic acids is 1. The number of rotatable bonds is 8. The zero-order valence-corrected chi connectivity index (χ0v) is 20.3. The molecule has 2 fully saturated rings. The fraction of sp³-hybridized carbons (Fsp3) is 0.680. The molecule has 0 atom stereocenters. The molecule has 2 aliphatic rings. The molecule has 2 saturated heterocycles. The summed E-state index contributed by atoms with van der Waals surface area (Å²) in [7, 11) is 3.89. The average molecular weight is 443 g/mol. The first-order valence-corrected chi connectivity index (χ1v) is 12.3. The van der Waals surface area contributed by atoms with Crippen molar-refractivity contribution in [1.82, 2.24) is 25.8 Å². The van der Waals surface area contributed by atoms with Gasteiger partial charge in [0.25, 0.3) is 5.91 Å². The van der Waals surface area contributed by atoms with Gasteiger partial charge in [0.1, 0.15) is 0 Å². The molecule has 0 aromatic heterocycles. The van der Waals surface area contributed by atoms with E-state index in [1.807, 2.05) is 18.2 Å². The average Bonchev–Trinajstić information content (AvgIpc) is 2.84. The molecule has 2 aliphatic heterocycles. The van der Waals surface area contributed by atoms with Gasteiger partial charge in [0, 0.05) is 31.2 Å². The van der Waals surface area contributed by atoms with E-state index in [1.165, 1.54) is 45.2 Å². The normalized spacial score (nSPS) is 20.0. The standard InChI is InChI=1S/C25H42N6O/c1-4-27-24(28-14-11-21-9-8-10-22(19-21)23(32)26-2)29-20-25(12-17-30(3)18-13-25)31-15-6-5-7-16-31/h8-10,19H,4-7,11-18,20H2,1-3H3,(H,26,32)(H2,27,28,29). The summed E-state index contributed by atoms with van der Waals surface area (Å²) in [6, 6.07) is 7.83. The van der Waals surface area contributed by atoms with E-state index >= 15 is 0 Å². The van der Waals surface area contributed by atoms with E-state index in [-0.39, 0.29) is 11.4 Å². The second-order valence-corrected chi connectivity index (χ2v) is 9.23. The molecule has 1 amide bonds. The number of amides is 1. The van der Waals surface area contributed by atoms with E-state index in [0.29, 0.717) is 5.56 Å². The first-order valence-electron chi connectivity index (χ1n) is 12.3. The van der Waals surface area contributed by atoms with Gasteiger partial charge in [-0.1, -0.05) is 18.6 Å². The summed E-state index contributed by atoms with van der Waals surface area (Å²) in [5.74, 6) is 0.848. The smallest absolute Gasteiger partial charge is 0.251 e. The van der Waals surface area contributed by atoms with E-state index in [0.717, 1.165) is 50.7 Å². The number of likely N-dealkylation sites (tertiary alicyclic amines) is 2. The van der Waals surface area contributed by atoms with Gasteiger partial charge in [0.05, 0.1) is 6.54 Å². The zero-order valence-electron chi connectivity index (χ0n) is 20.3. The van der Waals surface area contributed by atoms with Crippen LogP contribution in [0.5, 0.6) is 0 Å². The van der Waals surface area contributed by atoms with Crippen LogP contribution in [-0.4, -0.2) is 87.1 Å². The minimum Gasteiger partial charge on any atom is -0.357 e. The number of nitrogens with one attached hydrogen (secondary N) is 3. The van der Waals surface area contributed by atoms with Crippen molar-refractivity contribution in [2.75, 3.05) is 59.9 Å². The van der Waals surface area contributed by atoms with Gasteiger partial charge < -0.3 is 20.9 Å². The second kappa shape index (κ2) is 12.2. The van der Waals surface area contributed by atoms with Crippen molar-refractivity contribution >= 4 is 11.9 Å². The Morgan fingerprint density at radius 1 is 1.09 bits per heavy atom. The van der Waals surface area contributed by atoms with Crippen LogP contribution >= 0.6 is 0 Å². The third-order valence-corrected chi connectivity index (χ3v) is 6.94. The number of piperidine rings is 2. The quantitative estimate of drug-likeness (QED) is 0.425. The number of hydrogen-bond donors (Lipinski definition) is 3. The Kier molecular flexibility index (Phi) is 9.36. The van der Waals surface area contributed by atoms with Crippen molar-refractivity contribution in [2.24, 2.45) is 4.99 Å². The molecule has 0 radical (unpaired) electrons. The molecule has 0 saturated carbocycles. The van der Waals surface area contributed by atoms with Gasteiger partial charge in [-0.25, -0.2) is 0 Å². The second-order valence-electron chi connectivity index (χ2n) is 9.23. The first kappa shape index (κ1) is 24.5. The maximum atomic E-state index is 11.9. The lowest BCUT2D eigenvalue weighted by atomic mass is 9.84. The Labute approximate surface area is 194 Å². The number of aliphatic imine (C=N–C) groups is 1. The summed E-state index contributed by atoms with van der Waals surface area (Å²) in [5, 5.41) is 9.62. The van der Waals surface area contributed by atoms with Crippen LogP contribution in [0, 0.1) is 0 Å². The number of guanidine groups is 1. The minimum absolute atomic E-state index is 0.0455. The molecule has 7 heteroatoms. The van der Waals surface area contributed by atoms with E-state index in [1.54, 1.807) is 7.05 Å². The number of carbonyl (C=O) groups is 1. The number of nitrogens with zero attached hydrogens (tertiary/aromatic N) is 3. The third kappa shape index (κ3) is 6.69. The molecule has 0 bridgehead atoms. The predicted molar refractivity (Wildman–Crippen MR) is 132 cm³/mol. The fourth-order valence-electron chi connectivity index (χ4n) is 4.88. The lowest BCUT2D eigenvalue weighted by Gasteiger charge is -2.49. The van der Waals surface area contributed by atoms with E-state index < -0.39 is 0 Å². The van der Waals surface area contributed by atoms with Gasteiger partial charge in [0.2, 0.25) is 0 Å². The highest BCUT2D eigenvalue weighted by Gasteiger charge is 2.39. The molecule has 7 nitrogen and oxygen atoms in total. The highest BCUT2D eigenvalue weighted by molar-refractivity contribution is 5.94. The lowest BCUT2D eigenvalue weighted by Crippen LogP contribution is -2.58. The van der Waals surface area contributed by atoms with Gasteiger partial charge in [-0.05, 0) is 90.0 Å². The van der Waals surface area contributed by atoms with Crippen LogP contribution < -0.4 is 16.0 Å². The fourth-order valence-corrected chi connectivity index (χ4v) is 4.88. The Balaban J connectivity index is 1.62. The molecule has 3 rings (SSSR count). The molecule has 2 heterocycles. The van der Waals surface area contributed by atoms with Gasteiger partial charge >= 0.3 is 0 Å². The molecule has 178 valence electrons. The third-order valence-electron chi connectivity index (χ3n) is 6.94. The molecular formula is C25H42N6O. The van der Waals surface area contributed by atoms with Gasteiger partial charge in [0.15, 0.2) is 5.96 Å². The maximum Gasteiger partial charge on any atom is 0.251 e. The van der Waals surface area contributed by atoms with Gasteiger partial charge in [-0.2, -0.15) is 0 Å². The van der Waals surface area contributed by atoms with Crippen LogP contribution in [0.2, 0.25) is 0 Å². The van der Waals surface area contributed by atoms with E-state index in [9.17, 15) is 4.79 Å². The maximum absolute atomic E-state index is 11.9. The molecule has 0 spiro atoms. The minimum atomic E-state index is -0.0455. The van der Waals surface area contributed by atoms with E-state index in [2.05, 4.69) is 45.8 Å². The summed E-state index contributed by atoms with van der Waals surface area (Å²) >= 11 is 0. The molecule has 0 unspecified atom stereocenters. The van der Waals surface area contributed by atoms with Crippen molar-refractivity contribution in [3.8, 4) is 0 Å². The molecule has 0 aliphatic carbocycles. The zero-order chi connectivity index (χ0) is 22.8. The van der Waals surface area contributed by atoms with Crippen LogP contribution in [0.4, 0.5) is 0 Å². The topological polar surface area (TPSA) is 72.0 Å². The van der Waals surface area contributed by atoms with Crippen molar-refractivity contribution in [3.05, 3.63) is 35.4 Å². The predicted octanol–water partition coefficient (Wildman–Crippen LogP) is 2.09. The van der Waals surface area contributed by atoms with Crippen molar-refractivity contribution in [1.29, 1.82) is 0 Å². The van der Waals surface area contributed by atoms with Crippen LogP contribution in [0.1, 0.15) is 54.9 Å². The summed E-state index contributed by atoms with van der Waals surface area (Å²) in [5.41, 5.74) is 2.04. The summed E-state index contributed by atoms with van der Waals surface area (Å²) in [6.45, 7) is 9.31. The van der Waals surface area contributed by atoms with Gasteiger partial charge in [-0.15, -0.1) is 0 Å². The Bertz CT molecular complexity index is 751. The number of hydrogen-bond acceptors (Lipinski definition) is 4. The van der Waals surface area contributed by atoms with Gasteiger partial charge in [-0.3, -0.25) is 14.7 Å². The largest absolute Gasteiger partial charge is 0.357 e. The Morgan fingerprint density at radius 3 is 2.53 bits per heavy atom. The van der Waals surface area contributed by atoms with Crippen molar-refractivity contribution in [2.45, 2.75) is 51.0 Å². The molecule has 1 aromatic carbocycles. The monoisotopic (exact) mass is 442 g/mol. The Morgan fingerprint density at radius 2 is 1.84 bits per heavy atom. The van der Waals surface area contributed by atoms with Crippen LogP contribution in [0.25, 0.3) is 0 Å². The summed E-state index contributed by atoms with van der Waals surface area (Å²) < 4.78 is 0. The Hall–Kier alpha value is -2.12. The van der Waals surface area contributed by atoms with Crippen LogP contribution in [0.15, 0.2) is 29.3 Å². The number of benzene rings is 1. The SMILES string of the molecule is CCNC(=NCC1(N2CCCCC2)CCN(C)CC1)NCCc1cccc(C(=O)NC)c1. The first-order chi connectivity index (χ1) is 15.6. The molecular weight excluding hydrogens is 400 g/mol. The highest BCUT2D eigenvalue weighted by atomic mass is 16.1. The summed E-state index contributed by atoms with van der Waals surface area (Å²) in [6.07, 6.45) is 7.22. The van der Waals surface area contributed by atoms with Crippen molar-refractivity contribution < 1.29 is 4.79 Å². The molecule has 3 N–H and O–H groups in total. The summed E-state index contributed by atoms with van der Waals surface area (Å²) in [4.78, 5) is 22.1. The molecule has 32 heavy (non-hydrogen) atoms. The van der Waals surface area contributed by atoms with Crippen LogP contribution in [-0.2, 0) is 6.42 Å². The molecule has 1 aromatic rings. The van der Waals surface area contributed by atoms with E-state index in [4.69, 9.17) is 4.99 Å². The van der Waals surface area contributed by atoms with Crippen molar-refractivity contribution in [3.63, 3.8) is 0 Å². The lowest BCUT2D eigenvalue weighted by molar-refractivity contribution is 0.0208. The highest BCUT2D eigenvalue weighted by Crippen LogP contribution is 2.31.